The molecule has 4 heteroatoms. The maximum atomic E-state index is 13.6. The molecule has 2 nitrogen and oxygen atoms in total. The Labute approximate surface area is 92.9 Å². The summed E-state index contributed by atoms with van der Waals surface area (Å²) in [6.07, 6.45) is 0.736. The van der Waals surface area contributed by atoms with Crippen LogP contribution in [0.5, 0.6) is 0 Å². The number of hydrogen-bond acceptors (Lipinski definition) is 2. The Morgan fingerprint density at radius 3 is 2.12 bits per heavy atom. The molecule has 0 aromatic heterocycles. The van der Waals surface area contributed by atoms with Crippen LogP contribution in [0, 0.1) is 18.6 Å². The molecular weight excluding hydrogens is 212 g/mol. The van der Waals surface area contributed by atoms with Crippen LogP contribution < -0.4 is 4.90 Å². The second-order valence-electron chi connectivity index (χ2n) is 4.10. The number of nitrogens with zero attached hydrogens (tertiary/aromatic N) is 1. The lowest BCUT2D eigenvalue weighted by atomic mass is 10.1. The van der Waals surface area contributed by atoms with Crippen LogP contribution >= 0.6 is 0 Å². The lowest BCUT2D eigenvalue weighted by molar-refractivity contribution is -0.119. The number of halogens is 2. The van der Waals surface area contributed by atoms with E-state index in [0.717, 1.165) is 0 Å². The molecule has 0 atom stereocenters. The summed E-state index contributed by atoms with van der Waals surface area (Å²) in [6.45, 7) is 2.45. The number of rotatable bonds is 1. The van der Waals surface area contributed by atoms with Gasteiger partial charge in [-0.1, -0.05) is 0 Å². The molecule has 1 aromatic rings. The summed E-state index contributed by atoms with van der Waals surface area (Å²) in [5.74, 6) is -0.942. The van der Waals surface area contributed by atoms with Crippen molar-refractivity contribution in [3.63, 3.8) is 0 Å². The lowest BCUT2D eigenvalue weighted by Gasteiger charge is -2.28. The van der Waals surface area contributed by atoms with E-state index in [1.807, 2.05) is 0 Å². The zero-order valence-electron chi connectivity index (χ0n) is 9.09. The van der Waals surface area contributed by atoms with E-state index < -0.39 is 11.6 Å². The monoisotopic (exact) mass is 225 g/mol. The third-order valence-electron chi connectivity index (χ3n) is 2.80. The van der Waals surface area contributed by atoms with Crippen molar-refractivity contribution in [1.29, 1.82) is 0 Å². The Kier molecular flexibility index (Phi) is 2.90. The molecule has 0 radical (unpaired) electrons. The maximum absolute atomic E-state index is 13.6. The molecule has 0 saturated carbocycles. The quantitative estimate of drug-likeness (QED) is 0.731. The smallest absolute Gasteiger partial charge is 0.149 e. The van der Waals surface area contributed by atoms with E-state index in [9.17, 15) is 13.6 Å². The maximum Gasteiger partial charge on any atom is 0.149 e. The van der Waals surface area contributed by atoms with Crippen LogP contribution in [0.3, 0.4) is 0 Å². The molecule has 2 rings (SSSR count). The van der Waals surface area contributed by atoms with Crippen LogP contribution in [0.4, 0.5) is 14.5 Å². The first kappa shape index (κ1) is 11.0. The minimum atomic E-state index is -0.549. The number of hydrogen-bond donors (Lipinski definition) is 0. The third kappa shape index (κ3) is 2.05. The highest BCUT2D eigenvalue weighted by molar-refractivity contribution is 5.81. The minimum absolute atomic E-state index is 0.00176. The number of carbonyl (C=O) groups is 1. The topological polar surface area (TPSA) is 20.3 Å². The van der Waals surface area contributed by atoms with Crippen molar-refractivity contribution in [3.05, 3.63) is 29.3 Å². The number of ketones is 1. The van der Waals surface area contributed by atoms with Crippen molar-refractivity contribution in [2.45, 2.75) is 19.8 Å². The molecule has 1 aliphatic heterocycles. The van der Waals surface area contributed by atoms with Crippen molar-refractivity contribution >= 4 is 11.5 Å². The highest BCUT2D eigenvalue weighted by Gasteiger charge is 2.22. The SMILES string of the molecule is Cc1cc(F)c(N2CCC(=O)CC2)c(F)c1. The lowest BCUT2D eigenvalue weighted by Crippen LogP contribution is -2.35. The molecule has 0 N–H and O–H groups in total. The molecule has 0 aliphatic carbocycles. The summed E-state index contributed by atoms with van der Waals surface area (Å²) in [5, 5.41) is 0. The standard InChI is InChI=1S/C12H13F2NO/c1-8-6-10(13)12(11(14)7-8)15-4-2-9(16)3-5-15/h6-7H,2-5H2,1H3. The van der Waals surface area contributed by atoms with Crippen molar-refractivity contribution in [3.8, 4) is 0 Å². The molecule has 0 unspecified atom stereocenters. The van der Waals surface area contributed by atoms with Crippen LogP contribution in [0.15, 0.2) is 12.1 Å². The van der Waals surface area contributed by atoms with E-state index in [1.165, 1.54) is 12.1 Å². The highest BCUT2D eigenvalue weighted by atomic mass is 19.1. The summed E-state index contributed by atoms with van der Waals surface area (Å²) < 4.78 is 27.3. The first-order chi connectivity index (χ1) is 7.58. The van der Waals surface area contributed by atoms with Gasteiger partial charge in [-0.25, -0.2) is 8.78 Å². The average Bonchev–Trinajstić information content (AvgIpc) is 2.19. The Morgan fingerprint density at radius 1 is 1.12 bits per heavy atom. The van der Waals surface area contributed by atoms with E-state index >= 15 is 0 Å². The zero-order valence-corrected chi connectivity index (χ0v) is 9.09. The molecule has 1 aliphatic rings. The normalized spacial score (nSPS) is 16.7. The van der Waals surface area contributed by atoms with Crippen molar-refractivity contribution < 1.29 is 13.6 Å². The van der Waals surface area contributed by atoms with E-state index in [2.05, 4.69) is 0 Å². The van der Waals surface area contributed by atoms with Crippen molar-refractivity contribution in [2.75, 3.05) is 18.0 Å². The fourth-order valence-electron chi connectivity index (χ4n) is 1.97. The van der Waals surface area contributed by atoms with Crippen LogP contribution in [-0.4, -0.2) is 18.9 Å². The van der Waals surface area contributed by atoms with Gasteiger partial charge >= 0.3 is 0 Å². The third-order valence-corrected chi connectivity index (χ3v) is 2.80. The molecule has 0 bridgehead atoms. The Morgan fingerprint density at radius 2 is 1.62 bits per heavy atom. The van der Waals surface area contributed by atoms with Crippen LogP contribution in [0.2, 0.25) is 0 Å². The molecule has 1 saturated heterocycles. The largest absolute Gasteiger partial charge is 0.366 e. The molecule has 1 heterocycles. The van der Waals surface area contributed by atoms with Gasteiger partial charge in [0.05, 0.1) is 0 Å². The second-order valence-corrected chi connectivity index (χ2v) is 4.10. The van der Waals surface area contributed by atoms with E-state index in [0.29, 0.717) is 31.5 Å². The zero-order chi connectivity index (χ0) is 11.7. The predicted molar refractivity (Wildman–Crippen MR) is 57.5 cm³/mol. The number of piperidine rings is 1. The predicted octanol–water partition coefficient (Wildman–Crippen LogP) is 2.44. The summed E-state index contributed by atoms with van der Waals surface area (Å²) in [7, 11) is 0. The number of Topliss-reactive ketones (excluding diaryl/α,β-unsaturated/α-hetero) is 1. The molecule has 1 aromatic carbocycles. The summed E-state index contributed by atoms with van der Waals surface area (Å²) in [4.78, 5) is 12.7. The van der Waals surface area contributed by atoms with Gasteiger partial charge in [0.25, 0.3) is 0 Å². The van der Waals surface area contributed by atoms with Crippen LogP contribution in [0.1, 0.15) is 18.4 Å². The number of anilines is 1. The Balaban J connectivity index is 2.30. The van der Waals surface area contributed by atoms with E-state index in [1.54, 1.807) is 11.8 Å². The Hall–Kier alpha value is -1.45. The summed E-state index contributed by atoms with van der Waals surface area (Å²) >= 11 is 0. The molecule has 16 heavy (non-hydrogen) atoms. The molecular formula is C12H13F2NO. The van der Waals surface area contributed by atoms with Gasteiger partial charge in [0.15, 0.2) is 0 Å². The van der Waals surface area contributed by atoms with Crippen molar-refractivity contribution in [2.24, 2.45) is 0 Å². The van der Waals surface area contributed by atoms with E-state index in [-0.39, 0.29) is 11.5 Å². The highest BCUT2D eigenvalue weighted by Crippen LogP contribution is 2.26. The van der Waals surface area contributed by atoms with Gasteiger partial charge in [-0.15, -0.1) is 0 Å². The first-order valence-electron chi connectivity index (χ1n) is 5.30. The Bertz CT molecular complexity index is 398. The van der Waals surface area contributed by atoms with Gasteiger partial charge < -0.3 is 4.90 Å². The van der Waals surface area contributed by atoms with Gasteiger partial charge in [0.1, 0.15) is 23.1 Å². The van der Waals surface area contributed by atoms with Gasteiger partial charge in [-0.2, -0.15) is 0 Å². The average molecular weight is 225 g/mol. The summed E-state index contributed by atoms with van der Waals surface area (Å²) in [5.41, 5.74) is 0.560. The van der Waals surface area contributed by atoms with E-state index in [4.69, 9.17) is 0 Å². The fraction of sp³-hybridized carbons (Fsp3) is 0.417. The van der Waals surface area contributed by atoms with Gasteiger partial charge in [-0.05, 0) is 24.6 Å². The van der Waals surface area contributed by atoms with Gasteiger partial charge in [0, 0.05) is 25.9 Å². The second kappa shape index (κ2) is 4.20. The molecule has 0 amide bonds. The number of aryl methyl sites for hydroxylation is 1. The first-order valence-corrected chi connectivity index (χ1v) is 5.30. The number of benzene rings is 1. The van der Waals surface area contributed by atoms with Gasteiger partial charge in [0.2, 0.25) is 0 Å². The number of carbonyl (C=O) groups excluding carboxylic acids is 1. The van der Waals surface area contributed by atoms with Gasteiger partial charge in [-0.3, -0.25) is 4.79 Å². The van der Waals surface area contributed by atoms with Crippen LogP contribution in [-0.2, 0) is 4.79 Å². The fourth-order valence-corrected chi connectivity index (χ4v) is 1.97. The minimum Gasteiger partial charge on any atom is -0.366 e. The van der Waals surface area contributed by atoms with Crippen LogP contribution in [0.25, 0.3) is 0 Å². The molecule has 86 valence electrons. The molecule has 0 spiro atoms. The summed E-state index contributed by atoms with van der Waals surface area (Å²) in [6, 6.07) is 2.63. The van der Waals surface area contributed by atoms with Crippen molar-refractivity contribution in [1.82, 2.24) is 0 Å². The molecule has 1 fully saturated rings.